The number of rotatable bonds is 11. The molecule has 0 saturated carbocycles. The van der Waals surface area contributed by atoms with Crippen molar-refractivity contribution in [3.63, 3.8) is 0 Å². The van der Waals surface area contributed by atoms with Gasteiger partial charge in [0.2, 0.25) is 21.8 Å². The first-order chi connectivity index (χ1) is 14.7. The number of methoxy groups -OCH3 is 2. The van der Waals surface area contributed by atoms with Crippen molar-refractivity contribution in [2.75, 3.05) is 33.9 Å². The lowest BCUT2D eigenvalue weighted by molar-refractivity contribution is -0.125. The molecular weight excluding hydrogens is 422 g/mol. The molecule has 0 unspecified atom stereocenters. The van der Waals surface area contributed by atoms with Crippen LogP contribution in [0.2, 0.25) is 0 Å². The Hall–Kier alpha value is -3.11. The van der Waals surface area contributed by atoms with Crippen molar-refractivity contribution in [2.24, 2.45) is 0 Å². The van der Waals surface area contributed by atoms with Gasteiger partial charge in [0, 0.05) is 6.54 Å². The first-order valence-electron chi connectivity index (χ1n) is 9.56. The average Bonchev–Trinajstić information content (AvgIpc) is 2.76. The number of hydrogen-bond donors (Lipinski definition) is 3. The molecule has 3 N–H and O–H groups in total. The van der Waals surface area contributed by atoms with Gasteiger partial charge in [0.05, 0.1) is 32.2 Å². The summed E-state index contributed by atoms with van der Waals surface area (Å²) in [4.78, 5) is 23.8. The molecule has 0 aliphatic heterocycles. The van der Waals surface area contributed by atoms with Crippen LogP contribution >= 0.6 is 0 Å². The number of nitrogens with one attached hydrogen (secondary N) is 3. The molecule has 2 aromatic carbocycles. The highest BCUT2D eigenvalue weighted by molar-refractivity contribution is 7.89. The third-order valence-electron chi connectivity index (χ3n) is 4.38. The number of aryl methyl sites for hydroxylation is 1. The fourth-order valence-electron chi connectivity index (χ4n) is 2.65. The molecule has 2 aromatic rings. The first kappa shape index (κ1) is 24.2. The minimum atomic E-state index is -3.80. The van der Waals surface area contributed by atoms with Crippen molar-refractivity contribution in [1.29, 1.82) is 0 Å². The molecule has 0 radical (unpaired) electrons. The van der Waals surface area contributed by atoms with Crippen molar-refractivity contribution in [2.45, 2.75) is 18.2 Å². The lowest BCUT2D eigenvalue weighted by Crippen LogP contribution is -2.42. The zero-order chi connectivity index (χ0) is 22.9. The van der Waals surface area contributed by atoms with E-state index in [9.17, 15) is 18.0 Å². The number of carbonyl (C=O) groups excluding carboxylic acids is 2. The van der Waals surface area contributed by atoms with Crippen molar-refractivity contribution < 1.29 is 27.5 Å². The molecule has 0 saturated heterocycles. The Labute approximate surface area is 182 Å². The van der Waals surface area contributed by atoms with Crippen LogP contribution in [-0.4, -0.2) is 54.1 Å². The summed E-state index contributed by atoms with van der Waals surface area (Å²) in [6.07, 6.45) is 0.566. The average molecular weight is 450 g/mol. The fourth-order valence-corrected chi connectivity index (χ4v) is 3.63. The highest BCUT2D eigenvalue weighted by Crippen LogP contribution is 2.27. The van der Waals surface area contributed by atoms with Crippen LogP contribution in [0.25, 0.3) is 0 Å². The highest BCUT2D eigenvalue weighted by atomic mass is 32.2. The SMILES string of the molecule is COc1ccc(CCNC(=O)CNC(=O)CNS(=O)(=O)c2ccc(C)cc2)cc1OC. The van der Waals surface area contributed by atoms with Gasteiger partial charge in [-0.1, -0.05) is 23.8 Å². The van der Waals surface area contributed by atoms with Gasteiger partial charge in [-0.15, -0.1) is 0 Å². The van der Waals surface area contributed by atoms with E-state index < -0.39 is 22.5 Å². The van der Waals surface area contributed by atoms with E-state index in [-0.39, 0.29) is 17.3 Å². The summed E-state index contributed by atoms with van der Waals surface area (Å²) in [7, 11) is -0.693. The van der Waals surface area contributed by atoms with Crippen LogP contribution in [0.5, 0.6) is 11.5 Å². The Morgan fingerprint density at radius 3 is 2.16 bits per heavy atom. The third-order valence-corrected chi connectivity index (χ3v) is 5.80. The number of hydrogen-bond acceptors (Lipinski definition) is 6. The molecule has 0 aliphatic rings. The van der Waals surface area contributed by atoms with Crippen LogP contribution in [0.15, 0.2) is 47.4 Å². The Bertz CT molecular complexity index is 1010. The van der Waals surface area contributed by atoms with Gasteiger partial charge in [0.25, 0.3) is 0 Å². The van der Waals surface area contributed by atoms with E-state index in [1.165, 1.54) is 12.1 Å². The summed E-state index contributed by atoms with van der Waals surface area (Å²) in [5.41, 5.74) is 1.88. The molecule has 31 heavy (non-hydrogen) atoms. The summed E-state index contributed by atoms with van der Waals surface area (Å²) in [6, 6.07) is 11.7. The molecule has 0 spiro atoms. The minimum absolute atomic E-state index is 0.0683. The van der Waals surface area contributed by atoms with Crippen molar-refractivity contribution in [3.05, 3.63) is 53.6 Å². The lowest BCUT2D eigenvalue weighted by atomic mass is 10.1. The number of ether oxygens (including phenoxy) is 2. The Morgan fingerprint density at radius 2 is 1.52 bits per heavy atom. The van der Waals surface area contributed by atoms with Crippen molar-refractivity contribution in [3.8, 4) is 11.5 Å². The van der Waals surface area contributed by atoms with Gasteiger partial charge in [-0.25, -0.2) is 13.1 Å². The summed E-state index contributed by atoms with van der Waals surface area (Å²) in [5.74, 6) is 0.239. The molecule has 0 fully saturated rings. The molecule has 0 bridgehead atoms. The van der Waals surface area contributed by atoms with Gasteiger partial charge in [-0.05, 0) is 43.2 Å². The second kappa shape index (κ2) is 11.3. The van der Waals surface area contributed by atoms with E-state index in [2.05, 4.69) is 15.4 Å². The molecule has 2 rings (SSSR count). The van der Waals surface area contributed by atoms with Gasteiger partial charge in [-0.3, -0.25) is 9.59 Å². The van der Waals surface area contributed by atoms with Crippen LogP contribution in [0.1, 0.15) is 11.1 Å². The number of benzene rings is 2. The van der Waals surface area contributed by atoms with Gasteiger partial charge >= 0.3 is 0 Å². The largest absolute Gasteiger partial charge is 0.493 e. The van der Waals surface area contributed by atoms with Crippen LogP contribution in [-0.2, 0) is 26.0 Å². The van der Waals surface area contributed by atoms with E-state index in [0.717, 1.165) is 11.1 Å². The summed E-state index contributed by atoms with van der Waals surface area (Å²) in [6.45, 7) is 1.49. The number of carbonyl (C=O) groups is 2. The zero-order valence-corrected chi connectivity index (χ0v) is 18.5. The number of amides is 2. The zero-order valence-electron chi connectivity index (χ0n) is 17.7. The standard InChI is InChI=1S/C21H27N3O6S/c1-15-4-7-17(8-5-15)31(27,28)24-14-21(26)23-13-20(25)22-11-10-16-6-9-18(29-2)19(12-16)30-3/h4-9,12,24H,10-11,13-14H2,1-3H3,(H,22,25)(H,23,26). The summed E-state index contributed by atoms with van der Waals surface area (Å²) >= 11 is 0. The maximum atomic E-state index is 12.2. The monoisotopic (exact) mass is 449 g/mol. The van der Waals surface area contributed by atoms with E-state index in [1.54, 1.807) is 32.4 Å². The van der Waals surface area contributed by atoms with E-state index in [0.29, 0.717) is 24.5 Å². The number of sulfonamides is 1. The maximum Gasteiger partial charge on any atom is 0.241 e. The lowest BCUT2D eigenvalue weighted by Gasteiger charge is -2.11. The van der Waals surface area contributed by atoms with Crippen LogP contribution in [0, 0.1) is 6.92 Å². The molecule has 0 atom stereocenters. The first-order valence-corrected chi connectivity index (χ1v) is 11.0. The Balaban J connectivity index is 1.71. The molecule has 0 heterocycles. The minimum Gasteiger partial charge on any atom is -0.493 e. The smallest absolute Gasteiger partial charge is 0.241 e. The molecule has 2 amide bonds. The predicted molar refractivity (Wildman–Crippen MR) is 116 cm³/mol. The van der Waals surface area contributed by atoms with Gasteiger partial charge in [-0.2, -0.15) is 0 Å². The third kappa shape index (κ3) is 7.58. The molecule has 0 aliphatic carbocycles. The van der Waals surface area contributed by atoms with Crippen molar-refractivity contribution in [1.82, 2.24) is 15.4 Å². The van der Waals surface area contributed by atoms with Crippen LogP contribution < -0.4 is 24.8 Å². The van der Waals surface area contributed by atoms with Crippen LogP contribution in [0.3, 0.4) is 0 Å². The normalized spacial score (nSPS) is 10.9. The summed E-state index contributed by atoms with van der Waals surface area (Å²) < 4.78 is 37.0. The second-order valence-corrected chi connectivity index (χ2v) is 8.47. The van der Waals surface area contributed by atoms with E-state index in [1.807, 2.05) is 19.1 Å². The van der Waals surface area contributed by atoms with Gasteiger partial charge < -0.3 is 20.1 Å². The Morgan fingerprint density at radius 1 is 0.871 bits per heavy atom. The fraction of sp³-hybridized carbons (Fsp3) is 0.333. The highest BCUT2D eigenvalue weighted by Gasteiger charge is 2.15. The quantitative estimate of drug-likeness (QED) is 0.466. The van der Waals surface area contributed by atoms with E-state index >= 15 is 0 Å². The molecule has 9 nitrogen and oxygen atoms in total. The predicted octanol–water partition coefficient (Wildman–Crippen LogP) is 0.766. The molecule has 10 heteroatoms. The van der Waals surface area contributed by atoms with Crippen LogP contribution in [0.4, 0.5) is 0 Å². The molecular formula is C21H27N3O6S. The van der Waals surface area contributed by atoms with Crippen molar-refractivity contribution >= 4 is 21.8 Å². The van der Waals surface area contributed by atoms with E-state index in [4.69, 9.17) is 9.47 Å². The maximum absolute atomic E-state index is 12.2. The second-order valence-electron chi connectivity index (χ2n) is 6.70. The summed E-state index contributed by atoms with van der Waals surface area (Å²) in [5, 5.41) is 5.07. The Kier molecular flexibility index (Phi) is 8.83. The topological polar surface area (TPSA) is 123 Å². The molecule has 168 valence electrons. The van der Waals surface area contributed by atoms with Gasteiger partial charge in [0.1, 0.15) is 0 Å². The van der Waals surface area contributed by atoms with Gasteiger partial charge in [0.15, 0.2) is 11.5 Å². The molecule has 0 aromatic heterocycles.